The summed E-state index contributed by atoms with van der Waals surface area (Å²) in [5.41, 5.74) is 3.19. The second-order valence-electron chi connectivity index (χ2n) is 5.35. The van der Waals surface area contributed by atoms with Crippen LogP contribution in [-0.2, 0) is 17.8 Å². The van der Waals surface area contributed by atoms with Gasteiger partial charge in [-0.3, -0.25) is 0 Å². The van der Waals surface area contributed by atoms with Crippen LogP contribution < -0.4 is 5.32 Å². The number of alkyl carbamates (subject to hydrolysis) is 1. The fourth-order valence-corrected chi connectivity index (χ4v) is 2.15. The number of rotatable bonds is 4. The molecule has 0 bridgehead atoms. The lowest BCUT2D eigenvalue weighted by atomic mass is 10.2. The lowest BCUT2D eigenvalue weighted by molar-refractivity contribution is 0.0522. The van der Waals surface area contributed by atoms with Gasteiger partial charge >= 0.3 is 6.09 Å². The average molecular weight is 294 g/mol. The molecule has 0 radical (unpaired) electrons. The lowest BCUT2D eigenvalue weighted by Gasteiger charge is -2.19. The molecule has 0 saturated heterocycles. The van der Waals surface area contributed by atoms with Gasteiger partial charge in [-0.1, -0.05) is 0 Å². The molecule has 0 saturated carbocycles. The Hall–Kier alpha value is -1.89. The van der Waals surface area contributed by atoms with Crippen molar-refractivity contribution in [1.82, 2.24) is 19.9 Å². The van der Waals surface area contributed by atoms with E-state index in [1.54, 1.807) is 29.4 Å². The van der Waals surface area contributed by atoms with E-state index >= 15 is 0 Å². The van der Waals surface area contributed by atoms with Crippen LogP contribution in [0.2, 0.25) is 0 Å². The molecule has 0 fully saturated rings. The summed E-state index contributed by atoms with van der Waals surface area (Å²) in [5, 5.41) is 4.71. The predicted octanol–water partition coefficient (Wildman–Crippen LogP) is 2.41. The Morgan fingerprint density at radius 1 is 1.50 bits per heavy atom. The number of nitrogens with zero attached hydrogens (tertiary/aromatic N) is 3. The molecule has 7 heteroatoms. The van der Waals surface area contributed by atoms with Gasteiger partial charge in [0.05, 0.1) is 36.3 Å². The zero-order valence-corrected chi connectivity index (χ0v) is 12.6. The number of carbonyl (C=O) groups excluding carboxylic acids is 1. The molecule has 2 heterocycles. The normalized spacial score (nSPS) is 11.3. The van der Waals surface area contributed by atoms with Crippen molar-refractivity contribution in [2.45, 2.75) is 39.5 Å². The minimum absolute atomic E-state index is 0.374. The van der Waals surface area contributed by atoms with E-state index in [0.29, 0.717) is 13.1 Å². The fraction of sp³-hybridized carbons (Fsp3) is 0.462. The Morgan fingerprint density at radius 2 is 2.30 bits per heavy atom. The first-order valence-corrected chi connectivity index (χ1v) is 7.21. The van der Waals surface area contributed by atoms with E-state index in [-0.39, 0.29) is 0 Å². The summed E-state index contributed by atoms with van der Waals surface area (Å²) in [6, 6.07) is 0. The molecular formula is C13H18N4O2S. The van der Waals surface area contributed by atoms with E-state index in [1.165, 1.54) is 0 Å². The Morgan fingerprint density at radius 3 is 2.95 bits per heavy atom. The topological polar surface area (TPSA) is 69.0 Å². The van der Waals surface area contributed by atoms with Crippen LogP contribution in [0, 0.1) is 0 Å². The van der Waals surface area contributed by atoms with Gasteiger partial charge < -0.3 is 14.6 Å². The van der Waals surface area contributed by atoms with Gasteiger partial charge in [0.1, 0.15) is 5.60 Å². The van der Waals surface area contributed by atoms with Crippen molar-refractivity contribution in [2.75, 3.05) is 0 Å². The molecule has 0 aliphatic heterocycles. The quantitative estimate of drug-likeness (QED) is 0.940. The molecule has 0 aliphatic rings. The summed E-state index contributed by atoms with van der Waals surface area (Å²) in [6.45, 7) is 6.52. The molecule has 0 aliphatic carbocycles. The summed E-state index contributed by atoms with van der Waals surface area (Å²) in [5.74, 6) is 0. The highest BCUT2D eigenvalue weighted by atomic mass is 32.1. The third-order valence-electron chi connectivity index (χ3n) is 2.43. The highest BCUT2D eigenvalue weighted by molar-refractivity contribution is 7.07. The van der Waals surface area contributed by atoms with Crippen molar-refractivity contribution in [1.29, 1.82) is 0 Å². The summed E-state index contributed by atoms with van der Waals surface area (Å²) in [4.78, 5) is 19.9. The van der Waals surface area contributed by atoms with E-state index < -0.39 is 11.7 Å². The van der Waals surface area contributed by atoms with E-state index in [1.807, 2.05) is 30.7 Å². The van der Waals surface area contributed by atoms with Gasteiger partial charge in [0.2, 0.25) is 0 Å². The molecular weight excluding hydrogens is 276 g/mol. The van der Waals surface area contributed by atoms with Gasteiger partial charge in [0.15, 0.2) is 0 Å². The maximum atomic E-state index is 11.6. The predicted molar refractivity (Wildman–Crippen MR) is 76.5 cm³/mol. The SMILES string of the molecule is CC(C)(C)OC(=O)NCc1cncn1Cc1cscn1. The van der Waals surface area contributed by atoms with E-state index in [4.69, 9.17) is 4.74 Å². The zero-order chi connectivity index (χ0) is 14.6. The average Bonchev–Trinajstić information content (AvgIpc) is 2.96. The van der Waals surface area contributed by atoms with E-state index in [2.05, 4.69) is 15.3 Å². The van der Waals surface area contributed by atoms with Gasteiger partial charge in [-0.2, -0.15) is 0 Å². The third kappa shape index (κ3) is 4.34. The number of imidazole rings is 1. The molecule has 1 N–H and O–H groups in total. The second kappa shape index (κ2) is 6.04. The standard InChI is InChI=1S/C13H18N4O2S/c1-13(2,3)19-12(18)15-5-11-4-14-8-17(11)6-10-7-20-9-16-10/h4,7-9H,5-6H2,1-3H3,(H,15,18). The van der Waals surface area contributed by atoms with Gasteiger partial charge in [0, 0.05) is 11.6 Å². The first-order valence-electron chi connectivity index (χ1n) is 6.27. The van der Waals surface area contributed by atoms with Gasteiger partial charge in [0.25, 0.3) is 0 Å². The Kier molecular flexibility index (Phi) is 4.39. The number of hydrogen-bond donors (Lipinski definition) is 1. The number of carbonyl (C=O) groups is 1. The second-order valence-corrected chi connectivity index (χ2v) is 6.07. The Bertz CT molecular complexity index is 557. The molecule has 2 aromatic rings. The molecule has 1 amide bonds. The zero-order valence-electron chi connectivity index (χ0n) is 11.8. The molecule has 0 aromatic carbocycles. The summed E-state index contributed by atoms with van der Waals surface area (Å²) in [7, 11) is 0. The minimum atomic E-state index is -0.495. The van der Waals surface area contributed by atoms with Crippen LogP contribution >= 0.6 is 11.3 Å². The van der Waals surface area contributed by atoms with Crippen LogP contribution in [0.5, 0.6) is 0 Å². The molecule has 108 valence electrons. The molecule has 2 aromatic heterocycles. The molecule has 6 nitrogen and oxygen atoms in total. The molecule has 2 rings (SSSR count). The van der Waals surface area contributed by atoms with Crippen molar-refractivity contribution in [3.05, 3.63) is 34.8 Å². The lowest BCUT2D eigenvalue weighted by Crippen LogP contribution is -2.32. The van der Waals surface area contributed by atoms with Crippen LogP contribution in [0.4, 0.5) is 4.79 Å². The van der Waals surface area contributed by atoms with Crippen LogP contribution in [0.1, 0.15) is 32.2 Å². The minimum Gasteiger partial charge on any atom is -0.444 e. The van der Waals surface area contributed by atoms with Crippen molar-refractivity contribution < 1.29 is 9.53 Å². The molecule has 0 spiro atoms. The van der Waals surface area contributed by atoms with Gasteiger partial charge in [-0.15, -0.1) is 11.3 Å². The molecule has 0 unspecified atom stereocenters. The van der Waals surface area contributed by atoms with Crippen molar-refractivity contribution in [3.8, 4) is 0 Å². The number of amides is 1. The molecule has 20 heavy (non-hydrogen) atoms. The van der Waals surface area contributed by atoms with Crippen molar-refractivity contribution in [2.24, 2.45) is 0 Å². The van der Waals surface area contributed by atoms with Crippen molar-refractivity contribution >= 4 is 17.4 Å². The largest absolute Gasteiger partial charge is 0.444 e. The maximum absolute atomic E-state index is 11.6. The highest BCUT2D eigenvalue weighted by Gasteiger charge is 2.16. The summed E-state index contributed by atoms with van der Waals surface area (Å²) < 4.78 is 7.14. The van der Waals surface area contributed by atoms with Gasteiger partial charge in [-0.25, -0.2) is 14.8 Å². The van der Waals surface area contributed by atoms with Crippen LogP contribution in [0.25, 0.3) is 0 Å². The van der Waals surface area contributed by atoms with Crippen molar-refractivity contribution in [3.63, 3.8) is 0 Å². The third-order valence-corrected chi connectivity index (χ3v) is 3.06. The summed E-state index contributed by atoms with van der Waals surface area (Å²) in [6.07, 6.45) is 3.02. The number of thiazole rings is 1. The Balaban J connectivity index is 1.91. The smallest absolute Gasteiger partial charge is 0.407 e. The Labute approximate surface area is 121 Å². The van der Waals surface area contributed by atoms with E-state index in [0.717, 1.165) is 11.4 Å². The monoisotopic (exact) mass is 294 g/mol. The molecule has 0 atom stereocenters. The fourth-order valence-electron chi connectivity index (χ4n) is 1.60. The van der Waals surface area contributed by atoms with Crippen LogP contribution in [0.3, 0.4) is 0 Å². The number of ether oxygens (including phenoxy) is 1. The summed E-state index contributed by atoms with van der Waals surface area (Å²) >= 11 is 1.56. The van der Waals surface area contributed by atoms with Crippen LogP contribution in [0.15, 0.2) is 23.4 Å². The first kappa shape index (κ1) is 14.5. The maximum Gasteiger partial charge on any atom is 0.407 e. The number of hydrogen-bond acceptors (Lipinski definition) is 5. The number of nitrogens with one attached hydrogen (secondary N) is 1. The highest BCUT2D eigenvalue weighted by Crippen LogP contribution is 2.09. The van der Waals surface area contributed by atoms with E-state index in [9.17, 15) is 4.79 Å². The van der Waals surface area contributed by atoms with Gasteiger partial charge in [-0.05, 0) is 20.8 Å². The number of aromatic nitrogens is 3. The first-order chi connectivity index (χ1) is 9.44. The van der Waals surface area contributed by atoms with Crippen LogP contribution in [-0.4, -0.2) is 26.2 Å².